The number of benzene rings is 1. The van der Waals surface area contributed by atoms with Crippen molar-refractivity contribution in [2.75, 3.05) is 20.1 Å². The molecule has 1 aromatic rings. The van der Waals surface area contributed by atoms with Gasteiger partial charge in [-0.2, -0.15) is 0 Å². The number of likely N-dealkylation sites (N-methyl/N-ethyl adjacent to an activating group) is 1. The monoisotopic (exact) mass is 290 g/mol. The predicted octanol–water partition coefficient (Wildman–Crippen LogP) is 2.51. The van der Waals surface area contributed by atoms with E-state index in [0.717, 1.165) is 12.8 Å². The van der Waals surface area contributed by atoms with Crippen molar-refractivity contribution in [3.05, 3.63) is 35.4 Å². The molecule has 0 heterocycles. The third kappa shape index (κ3) is 4.74. The van der Waals surface area contributed by atoms with E-state index >= 15 is 0 Å². The minimum atomic E-state index is -0.379. The standard InChI is InChI=1S/C17H26N2O2/c1-12-4-6-14(7-5-12)13(2)10-18-17(21)19(3)11-16(20)15-8-9-15/h4-7,13,15-16,20H,8-11H2,1-3H3,(H,18,21). The van der Waals surface area contributed by atoms with Crippen molar-refractivity contribution in [1.29, 1.82) is 0 Å². The lowest BCUT2D eigenvalue weighted by Gasteiger charge is -2.22. The topological polar surface area (TPSA) is 52.6 Å². The van der Waals surface area contributed by atoms with Gasteiger partial charge in [-0.05, 0) is 37.2 Å². The smallest absolute Gasteiger partial charge is 0.317 e. The first-order chi connectivity index (χ1) is 9.97. The van der Waals surface area contributed by atoms with E-state index < -0.39 is 0 Å². The number of amides is 2. The third-order valence-electron chi connectivity index (χ3n) is 4.18. The van der Waals surface area contributed by atoms with E-state index in [1.807, 2.05) is 0 Å². The molecular weight excluding hydrogens is 264 g/mol. The SMILES string of the molecule is Cc1ccc(C(C)CNC(=O)N(C)CC(O)C2CC2)cc1. The van der Waals surface area contributed by atoms with Crippen molar-refractivity contribution in [2.24, 2.45) is 5.92 Å². The fraction of sp³-hybridized carbons (Fsp3) is 0.588. The molecule has 1 aliphatic rings. The van der Waals surface area contributed by atoms with Gasteiger partial charge in [-0.3, -0.25) is 0 Å². The molecule has 0 aromatic heterocycles. The Hall–Kier alpha value is -1.55. The van der Waals surface area contributed by atoms with Crippen molar-refractivity contribution in [3.8, 4) is 0 Å². The van der Waals surface area contributed by atoms with E-state index in [1.54, 1.807) is 11.9 Å². The van der Waals surface area contributed by atoms with E-state index in [-0.39, 0.29) is 18.1 Å². The average molecular weight is 290 g/mol. The fourth-order valence-corrected chi connectivity index (χ4v) is 2.38. The number of rotatable bonds is 6. The van der Waals surface area contributed by atoms with E-state index in [4.69, 9.17) is 0 Å². The number of carbonyl (C=O) groups excluding carboxylic acids is 1. The highest BCUT2D eigenvalue weighted by atomic mass is 16.3. The second kappa shape index (κ2) is 6.94. The summed E-state index contributed by atoms with van der Waals surface area (Å²) in [5, 5.41) is 12.8. The highest BCUT2D eigenvalue weighted by Crippen LogP contribution is 2.32. The summed E-state index contributed by atoms with van der Waals surface area (Å²) < 4.78 is 0. The van der Waals surface area contributed by atoms with Gasteiger partial charge in [0.2, 0.25) is 0 Å². The zero-order valence-corrected chi connectivity index (χ0v) is 13.2. The Kier molecular flexibility index (Phi) is 5.23. The summed E-state index contributed by atoms with van der Waals surface area (Å²) in [5.41, 5.74) is 2.46. The van der Waals surface area contributed by atoms with Crippen LogP contribution in [0.4, 0.5) is 4.79 Å². The maximum absolute atomic E-state index is 12.0. The van der Waals surface area contributed by atoms with Gasteiger partial charge < -0.3 is 15.3 Å². The van der Waals surface area contributed by atoms with Gasteiger partial charge in [0.1, 0.15) is 0 Å². The van der Waals surface area contributed by atoms with Gasteiger partial charge >= 0.3 is 6.03 Å². The van der Waals surface area contributed by atoms with Crippen LogP contribution in [0.2, 0.25) is 0 Å². The minimum absolute atomic E-state index is 0.117. The highest BCUT2D eigenvalue weighted by molar-refractivity contribution is 5.73. The molecule has 1 aromatic carbocycles. The maximum atomic E-state index is 12.0. The number of nitrogens with zero attached hydrogens (tertiary/aromatic N) is 1. The molecule has 1 aliphatic carbocycles. The average Bonchev–Trinajstić information content (AvgIpc) is 3.29. The Morgan fingerprint density at radius 2 is 2.00 bits per heavy atom. The van der Waals surface area contributed by atoms with Crippen LogP contribution < -0.4 is 5.32 Å². The number of aliphatic hydroxyl groups excluding tert-OH is 1. The summed E-state index contributed by atoms with van der Waals surface area (Å²) in [6, 6.07) is 8.27. The third-order valence-corrected chi connectivity index (χ3v) is 4.18. The van der Waals surface area contributed by atoms with Gasteiger partial charge in [-0.25, -0.2) is 4.79 Å². The van der Waals surface area contributed by atoms with E-state index in [2.05, 4.69) is 43.4 Å². The van der Waals surface area contributed by atoms with Crippen molar-refractivity contribution >= 4 is 6.03 Å². The van der Waals surface area contributed by atoms with Crippen LogP contribution in [0.25, 0.3) is 0 Å². The first-order valence-corrected chi connectivity index (χ1v) is 7.71. The molecule has 21 heavy (non-hydrogen) atoms. The van der Waals surface area contributed by atoms with Crippen molar-refractivity contribution in [1.82, 2.24) is 10.2 Å². The molecule has 2 N–H and O–H groups in total. The Labute approximate surface area is 127 Å². The lowest BCUT2D eigenvalue weighted by Crippen LogP contribution is -2.42. The molecule has 2 amide bonds. The lowest BCUT2D eigenvalue weighted by molar-refractivity contribution is 0.113. The van der Waals surface area contributed by atoms with Gasteiger partial charge in [-0.15, -0.1) is 0 Å². The summed E-state index contributed by atoms with van der Waals surface area (Å²) in [4.78, 5) is 13.6. The van der Waals surface area contributed by atoms with E-state index in [9.17, 15) is 9.90 Å². The number of nitrogens with one attached hydrogen (secondary N) is 1. The lowest BCUT2D eigenvalue weighted by atomic mass is 10.0. The molecule has 2 rings (SSSR count). The summed E-state index contributed by atoms with van der Waals surface area (Å²) >= 11 is 0. The summed E-state index contributed by atoms with van der Waals surface area (Å²) in [5.74, 6) is 0.669. The Morgan fingerprint density at radius 1 is 1.38 bits per heavy atom. The van der Waals surface area contributed by atoms with Gasteiger partial charge in [0.05, 0.1) is 6.10 Å². The predicted molar refractivity (Wildman–Crippen MR) is 84.4 cm³/mol. The molecule has 2 unspecified atom stereocenters. The van der Waals surface area contributed by atoms with Crippen LogP contribution in [-0.2, 0) is 0 Å². The second-order valence-electron chi connectivity index (χ2n) is 6.28. The summed E-state index contributed by atoms with van der Waals surface area (Å²) in [6.45, 7) is 5.18. The van der Waals surface area contributed by atoms with E-state index in [1.165, 1.54) is 11.1 Å². The molecule has 116 valence electrons. The first kappa shape index (κ1) is 15.8. The Bertz CT molecular complexity index is 468. The number of urea groups is 1. The zero-order chi connectivity index (χ0) is 15.4. The Balaban J connectivity index is 1.75. The summed E-state index contributed by atoms with van der Waals surface area (Å²) in [6.07, 6.45) is 1.79. The molecule has 4 nitrogen and oxygen atoms in total. The van der Waals surface area contributed by atoms with Crippen LogP contribution >= 0.6 is 0 Å². The van der Waals surface area contributed by atoms with Crippen LogP contribution in [-0.4, -0.2) is 42.3 Å². The largest absolute Gasteiger partial charge is 0.391 e. The number of hydrogen-bond acceptors (Lipinski definition) is 2. The minimum Gasteiger partial charge on any atom is -0.391 e. The van der Waals surface area contributed by atoms with Gasteiger partial charge in [0.25, 0.3) is 0 Å². The van der Waals surface area contributed by atoms with Crippen LogP contribution in [0.3, 0.4) is 0 Å². The molecule has 0 spiro atoms. The quantitative estimate of drug-likeness (QED) is 0.846. The number of carbonyl (C=O) groups is 1. The first-order valence-electron chi connectivity index (χ1n) is 7.71. The molecule has 2 atom stereocenters. The number of hydrogen-bond donors (Lipinski definition) is 2. The molecule has 4 heteroatoms. The van der Waals surface area contributed by atoms with Crippen molar-refractivity contribution in [3.63, 3.8) is 0 Å². The number of aryl methyl sites for hydroxylation is 1. The van der Waals surface area contributed by atoms with E-state index in [0.29, 0.717) is 19.0 Å². The molecule has 0 bridgehead atoms. The highest BCUT2D eigenvalue weighted by Gasteiger charge is 2.31. The summed E-state index contributed by atoms with van der Waals surface area (Å²) in [7, 11) is 1.73. The van der Waals surface area contributed by atoms with Crippen LogP contribution in [0.15, 0.2) is 24.3 Å². The second-order valence-corrected chi connectivity index (χ2v) is 6.28. The molecule has 1 saturated carbocycles. The van der Waals surface area contributed by atoms with Crippen LogP contribution in [0.1, 0.15) is 36.8 Å². The van der Waals surface area contributed by atoms with Crippen molar-refractivity contribution in [2.45, 2.75) is 38.7 Å². The van der Waals surface area contributed by atoms with Gasteiger partial charge in [0, 0.05) is 20.1 Å². The van der Waals surface area contributed by atoms with Crippen LogP contribution in [0, 0.1) is 12.8 Å². The van der Waals surface area contributed by atoms with Gasteiger partial charge in [-0.1, -0.05) is 36.8 Å². The maximum Gasteiger partial charge on any atom is 0.317 e. The van der Waals surface area contributed by atoms with Crippen molar-refractivity contribution < 1.29 is 9.90 Å². The Morgan fingerprint density at radius 3 is 2.57 bits per heavy atom. The molecule has 0 saturated heterocycles. The number of aliphatic hydroxyl groups is 1. The zero-order valence-electron chi connectivity index (χ0n) is 13.2. The fourth-order valence-electron chi connectivity index (χ4n) is 2.38. The van der Waals surface area contributed by atoms with Gasteiger partial charge in [0.15, 0.2) is 0 Å². The molecular formula is C17H26N2O2. The molecule has 1 fully saturated rings. The van der Waals surface area contributed by atoms with Crippen LogP contribution in [0.5, 0.6) is 0 Å². The molecule has 0 radical (unpaired) electrons. The normalized spacial score (nSPS) is 17.1. The molecule has 0 aliphatic heterocycles.